The van der Waals surface area contributed by atoms with Crippen LogP contribution in [-0.2, 0) is 6.42 Å². The number of hydrogen-bond acceptors (Lipinski definition) is 1. The van der Waals surface area contributed by atoms with Crippen LogP contribution in [0.4, 0.5) is 0 Å². The van der Waals surface area contributed by atoms with E-state index in [0.717, 1.165) is 17.5 Å². The van der Waals surface area contributed by atoms with Crippen LogP contribution in [0.15, 0.2) is 42.5 Å². The largest absolute Gasteiger partial charge is 0.358 e. The van der Waals surface area contributed by atoms with Crippen LogP contribution in [-0.4, -0.2) is 10.8 Å². The van der Waals surface area contributed by atoms with Crippen molar-refractivity contribution in [3.05, 3.63) is 70.4 Å². The number of aromatic amines is 1. The minimum Gasteiger partial charge on any atom is -0.358 e. The zero-order valence-electron chi connectivity index (χ0n) is 12.7. The highest BCUT2D eigenvalue weighted by molar-refractivity contribution is 6.00. The Morgan fingerprint density at radius 2 is 1.81 bits per heavy atom. The average molecular weight is 277 g/mol. The van der Waals surface area contributed by atoms with Crippen molar-refractivity contribution in [3.8, 4) is 0 Å². The maximum atomic E-state index is 11.8. The molecule has 0 spiro atoms. The molecule has 3 aromatic rings. The van der Waals surface area contributed by atoms with Crippen molar-refractivity contribution in [2.75, 3.05) is 0 Å². The summed E-state index contributed by atoms with van der Waals surface area (Å²) in [7, 11) is 0. The molecule has 21 heavy (non-hydrogen) atoms. The van der Waals surface area contributed by atoms with Crippen LogP contribution < -0.4 is 0 Å². The first-order chi connectivity index (χ1) is 10.1. The van der Waals surface area contributed by atoms with Crippen molar-refractivity contribution >= 4 is 16.7 Å². The smallest absolute Gasteiger partial charge is 0.159 e. The van der Waals surface area contributed by atoms with Gasteiger partial charge in [-0.15, -0.1) is 0 Å². The monoisotopic (exact) mass is 277 g/mol. The van der Waals surface area contributed by atoms with Crippen molar-refractivity contribution in [3.63, 3.8) is 0 Å². The lowest BCUT2D eigenvalue weighted by Crippen LogP contribution is -1.97. The number of nitrogens with one attached hydrogen (secondary N) is 1. The normalized spacial score (nSPS) is 11.0. The second-order valence-electron chi connectivity index (χ2n) is 5.65. The molecule has 0 fully saturated rings. The van der Waals surface area contributed by atoms with Gasteiger partial charge in [-0.05, 0) is 56.0 Å². The second-order valence-corrected chi connectivity index (χ2v) is 5.65. The van der Waals surface area contributed by atoms with E-state index in [1.54, 1.807) is 6.92 Å². The van der Waals surface area contributed by atoms with Gasteiger partial charge in [-0.1, -0.05) is 30.3 Å². The van der Waals surface area contributed by atoms with Gasteiger partial charge in [-0.2, -0.15) is 0 Å². The van der Waals surface area contributed by atoms with Crippen molar-refractivity contribution in [1.82, 2.24) is 4.98 Å². The molecule has 1 aromatic heterocycles. The number of rotatable bonds is 3. The molecule has 0 saturated carbocycles. The number of H-pyrrole nitrogens is 1. The topological polar surface area (TPSA) is 32.9 Å². The molecule has 0 atom stereocenters. The average Bonchev–Trinajstić information content (AvgIpc) is 2.75. The van der Waals surface area contributed by atoms with Gasteiger partial charge >= 0.3 is 0 Å². The predicted octanol–water partition coefficient (Wildman–Crippen LogP) is 4.58. The molecule has 0 aliphatic heterocycles. The van der Waals surface area contributed by atoms with Crippen LogP contribution in [0.2, 0.25) is 0 Å². The Morgan fingerprint density at radius 3 is 2.48 bits per heavy atom. The van der Waals surface area contributed by atoms with Gasteiger partial charge in [0.25, 0.3) is 0 Å². The highest BCUT2D eigenvalue weighted by atomic mass is 16.1. The molecule has 0 saturated heterocycles. The highest BCUT2D eigenvalue weighted by Gasteiger charge is 2.13. The molecule has 0 amide bonds. The van der Waals surface area contributed by atoms with E-state index in [0.29, 0.717) is 0 Å². The Labute approximate surface area is 124 Å². The number of aromatic nitrogens is 1. The van der Waals surface area contributed by atoms with Gasteiger partial charge in [-0.3, -0.25) is 4.79 Å². The summed E-state index contributed by atoms with van der Waals surface area (Å²) in [4.78, 5) is 15.2. The third-order valence-electron chi connectivity index (χ3n) is 4.12. The summed E-state index contributed by atoms with van der Waals surface area (Å²) in [6.45, 7) is 5.83. The minimum atomic E-state index is 0.108. The summed E-state index contributed by atoms with van der Waals surface area (Å²) in [5, 5.41) is 1.25. The standard InChI is InChI=1S/C19H19NO/c1-12-13(2)20-18-11-16(14(3)21)10-17(19(12)18)9-15-7-5-4-6-8-15/h4-8,10-11,20H,9H2,1-3H3. The number of ketones is 1. The van der Waals surface area contributed by atoms with E-state index in [4.69, 9.17) is 0 Å². The fourth-order valence-corrected chi connectivity index (χ4v) is 2.89. The Morgan fingerprint density at radius 1 is 1.10 bits per heavy atom. The number of hydrogen-bond donors (Lipinski definition) is 1. The number of carbonyl (C=O) groups excluding carboxylic acids is 1. The van der Waals surface area contributed by atoms with E-state index in [1.165, 1.54) is 27.8 Å². The van der Waals surface area contributed by atoms with E-state index in [9.17, 15) is 4.79 Å². The van der Waals surface area contributed by atoms with Crippen molar-refractivity contribution < 1.29 is 4.79 Å². The zero-order valence-corrected chi connectivity index (χ0v) is 12.7. The molecular formula is C19H19NO. The maximum Gasteiger partial charge on any atom is 0.159 e. The van der Waals surface area contributed by atoms with Crippen LogP contribution in [0.3, 0.4) is 0 Å². The number of fused-ring (bicyclic) bond motifs is 1. The first kappa shape index (κ1) is 13.6. The van der Waals surface area contributed by atoms with Gasteiger partial charge in [0.1, 0.15) is 0 Å². The second kappa shape index (κ2) is 5.21. The summed E-state index contributed by atoms with van der Waals surface area (Å²) in [6, 6.07) is 14.4. The van der Waals surface area contributed by atoms with Crippen LogP contribution >= 0.6 is 0 Å². The molecule has 0 aliphatic rings. The highest BCUT2D eigenvalue weighted by Crippen LogP contribution is 2.28. The van der Waals surface area contributed by atoms with Crippen LogP contribution in [0.25, 0.3) is 10.9 Å². The van der Waals surface area contributed by atoms with Crippen molar-refractivity contribution in [2.45, 2.75) is 27.2 Å². The summed E-state index contributed by atoms with van der Waals surface area (Å²) in [5.74, 6) is 0.108. The SMILES string of the molecule is CC(=O)c1cc(Cc2ccccc2)c2c(C)c(C)[nH]c2c1. The molecule has 1 heterocycles. The van der Waals surface area contributed by atoms with Gasteiger partial charge < -0.3 is 4.98 Å². The summed E-state index contributed by atoms with van der Waals surface area (Å²) < 4.78 is 0. The maximum absolute atomic E-state index is 11.8. The van der Waals surface area contributed by atoms with E-state index >= 15 is 0 Å². The number of Topliss-reactive ketones (excluding diaryl/α,β-unsaturated/α-hetero) is 1. The molecule has 3 rings (SSSR count). The Bertz CT molecular complexity index is 812. The predicted molar refractivity (Wildman–Crippen MR) is 87.0 cm³/mol. The fraction of sp³-hybridized carbons (Fsp3) is 0.211. The van der Waals surface area contributed by atoms with E-state index in [1.807, 2.05) is 18.2 Å². The minimum absolute atomic E-state index is 0.108. The Kier molecular flexibility index (Phi) is 3.38. The summed E-state index contributed by atoms with van der Waals surface area (Å²) >= 11 is 0. The lowest BCUT2D eigenvalue weighted by Gasteiger charge is -2.08. The molecule has 0 bridgehead atoms. The first-order valence-corrected chi connectivity index (χ1v) is 7.23. The molecule has 2 aromatic carbocycles. The van der Waals surface area contributed by atoms with Gasteiger partial charge in [0, 0.05) is 22.2 Å². The summed E-state index contributed by atoms with van der Waals surface area (Å²) in [5.41, 5.74) is 6.74. The Hall–Kier alpha value is -2.35. The van der Waals surface area contributed by atoms with Crippen LogP contribution in [0, 0.1) is 13.8 Å². The zero-order chi connectivity index (χ0) is 15.0. The van der Waals surface area contributed by atoms with Crippen molar-refractivity contribution in [2.24, 2.45) is 0 Å². The molecule has 0 radical (unpaired) electrons. The van der Waals surface area contributed by atoms with Crippen LogP contribution in [0.1, 0.15) is 39.7 Å². The van der Waals surface area contributed by atoms with E-state index < -0.39 is 0 Å². The van der Waals surface area contributed by atoms with Gasteiger partial charge in [0.2, 0.25) is 0 Å². The van der Waals surface area contributed by atoms with Crippen molar-refractivity contribution in [1.29, 1.82) is 0 Å². The van der Waals surface area contributed by atoms with Gasteiger partial charge in [0.15, 0.2) is 5.78 Å². The summed E-state index contributed by atoms with van der Waals surface area (Å²) in [6.07, 6.45) is 0.844. The fourth-order valence-electron chi connectivity index (χ4n) is 2.89. The van der Waals surface area contributed by atoms with E-state index in [-0.39, 0.29) is 5.78 Å². The van der Waals surface area contributed by atoms with Gasteiger partial charge in [0.05, 0.1) is 0 Å². The molecule has 106 valence electrons. The lowest BCUT2D eigenvalue weighted by atomic mass is 9.96. The molecule has 2 heteroatoms. The molecule has 2 nitrogen and oxygen atoms in total. The third kappa shape index (κ3) is 2.49. The first-order valence-electron chi connectivity index (χ1n) is 7.23. The Balaban J connectivity index is 2.21. The molecule has 0 unspecified atom stereocenters. The van der Waals surface area contributed by atoms with Crippen LogP contribution in [0.5, 0.6) is 0 Å². The lowest BCUT2D eigenvalue weighted by molar-refractivity contribution is 0.101. The molecule has 0 aliphatic carbocycles. The number of aryl methyl sites for hydroxylation is 2. The third-order valence-corrected chi connectivity index (χ3v) is 4.12. The molecular weight excluding hydrogens is 258 g/mol. The quantitative estimate of drug-likeness (QED) is 0.698. The number of benzene rings is 2. The van der Waals surface area contributed by atoms with Gasteiger partial charge in [-0.25, -0.2) is 0 Å². The number of carbonyl (C=O) groups is 1. The van der Waals surface area contributed by atoms with E-state index in [2.05, 4.69) is 43.1 Å². The molecule has 1 N–H and O–H groups in total.